The van der Waals surface area contributed by atoms with Crippen molar-refractivity contribution in [3.8, 4) is 0 Å². The average molecular weight is 265 g/mol. The van der Waals surface area contributed by atoms with Gasteiger partial charge in [-0.05, 0) is 12.8 Å². The number of rotatable bonds is 4. The lowest BCUT2D eigenvalue weighted by molar-refractivity contribution is 0.520. The van der Waals surface area contributed by atoms with E-state index >= 15 is 0 Å². The summed E-state index contributed by atoms with van der Waals surface area (Å²) in [7, 11) is 0. The minimum Gasteiger partial charge on any atom is -0.308 e. The third-order valence-electron chi connectivity index (χ3n) is 3.47. The lowest BCUT2D eigenvalue weighted by Gasteiger charge is -2.09. The molecule has 0 unspecified atom stereocenters. The Bertz CT molecular complexity index is 524. The topological polar surface area (TPSA) is 55.1 Å². The number of nitrogens with zero attached hydrogens (tertiary/aromatic N) is 4. The summed E-state index contributed by atoms with van der Waals surface area (Å²) >= 11 is 1.63. The lowest BCUT2D eigenvalue weighted by Crippen LogP contribution is -2.25. The number of hydrogen-bond acceptors (Lipinski definition) is 5. The van der Waals surface area contributed by atoms with Crippen LogP contribution < -0.4 is 5.32 Å². The van der Waals surface area contributed by atoms with Crippen LogP contribution in [0.4, 0.5) is 0 Å². The van der Waals surface area contributed by atoms with Crippen molar-refractivity contribution >= 4 is 16.3 Å². The second-order valence-corrected chi connectivity index (χ2v) is 6.31. The fourth-order valence-corrected chi connectivity index (χ4v) is 3.26. The summed E-state index contributed by atoms with van der Waals surface area (Å²) in [5.41, 5.74) is 0. The van der Waals surface area contributed by atoms with E-state index in [9.17, 15) is 0 Å². The van der Waals surface area contributed by atoms with Gasteiger partial charge >= 0.3 is 0 Å². The Balaban J connectivity index is 1.72. The second-order valence-electron chi connectivity index (χ2n) is 5.27. The Hall–Kier alpha value is -1.01. The van der Waals surface area contributed by atoms with Crippen molar-refractivity contribution in [2.24, 2.45) is 0 Å². The van der Waals surface area contributed by atoms with E-state index < -0.39 is 0 Å². The van der Waals surface area contributed by atoms with E-state index in [0.717, 1.165) is 22.3 Å². The van der Waals surface area contributed by atoms with E-state index in [1.165, 1.54) is 25.7 Å². The monoisotopic (exact) mass is 265 g/mol. The zero-order chi connectivity index (χ0) is 12.5. The molecule has 1 saturated carbocycles. The molecule has 0 aliphatic heterocycles. The Kier molecular flexibility index (Phi) is 3.30. The van der Waals surface area contributed by atoms with Gasteiger partial charge in [0.05, 0.1) is 0 Å². The van der Waals surface area contributed by atoms with Crippen molar-refractivity contribution in [2.45, 2.75) is 58.0 Å². The predicted octanol–water partition coefficient (Wildman–Crippen LogP) is 2.34. The molecule has 0 atom stereocenters. The maximum absolute atomic E-state index is 4.60. The molecule has 6 heteroatoms. The minimum absolute atomic E-state index is 0.359. The molecule has 2 heterocycles. The summed E-state index contributed by atoms with van der Waals surface area (Å²) in [6, 6.07) is 0.684. The first-order valence-corrected chi connectivity index (χ1v) is 7.50. The zero-order valence-electron chi connectivity index (χ0n) is 10.9. The van der Waals surface area contributed by atoms with E-state index in [0.29, 0.717) is 12.0 Å². The van der Waals surface area contributed by atoms with Gasteiger partial charge in [-0.2, -0.15) is 9.61 Å². The molecule has 0 amide bonds. The summed E-state index contributed by atoms with van der Waals surface area (Å²) in [6.45, 7) is 5.09. The quantitative estimate of drug-likeness (QED) is 0.922. The van der Waals surface area contributed by atoms with Gasteiger partial charge in [0, 0.05) is 18.5 Å². The number of hydrogen-bond donors (Lipinski definition) is 1. The summed E-state index contributed by atoms with van der Waals surface area (Å²) in [5, 5.41) is 17.6. The van der Waals surface area contributed by atoms with Crippen LogP contribution in [-0.4, -0.2) is 25.9 Å². The van der Waals surface area contributed by atoms with Gasteiger partial charge in [0.15, 0.2) is 5.82 Å². The molecule has 0 aromatic carbocycles. The molecule has 0 radical (unpaired) electrons. The highest BCUT2D eigenvalue weighted by Gasteiger charge is 2.17. The van der Waals surface area contributed by atoms with Crippen LogP contribution in [0.15, 0.2) is 0 Å². The molecule has 1 N–H and O–H groups in total. The van der Waals surface area contributed by atoms with Crippen LogP contribution in [0.25, 0.3) is 4.96 Å². The summed E-state index contributed by atoms with van der Waals surface area (Å²) in [6.07, 6.45) is 5.34. The Morgan fingerprint density at radius 3 is 2.83 bits per heavy atom. The maximum Gasteiger partial charge on any atom is 0.234 e. The van der Waals surface area contributed by atoms with Crippen LogP contribution >= 0.6 is 11.3 Å². The van der Waals surface area contributed by atoms with Gasteiger partial charge in [0.25, 0.3) is 0 Å². The van der Waals surface area contributed by atoms with Gasteiger partial charge in [-0.15, -0.1) is 10.2 Å². The summed E-state index contributed by atoms with van der Waals surface area (Å²) in [4.78, 5) is 0.905. The van der Waals surface area contributed by atoms with Gasteiger partial charge in [0.2, 0.25) is 4.96 Å². The highest BCUT2D eigenvalue weighted by molar-refractivity contribution is 7.16. The molecule has 1 fully saturated rings. The van der Waals surface area contributed by atoms with Crippen molar-refractivity contribution < 1.29 is 0 Å². The van der Waals surface area contributed by atoms with Gasteiger partial charge < -0.3 is 5.32 Å². The van der Waals surface area contributed by atoms with Crippen molar-refractivity contribution in [3.05, 3.63) is 10.8 Å². The highest BCUT2D eigenvalue weighted by atomic mass is 32.1. The molecule has 5 nitrogen and oxygen atoms in total. The van der Waals surface area contributed by atoms with Crippen LogP contribution in [0.1, 0.15) is 56.3 Å². The first-order valence-electron chi connectivity index (χ1n) is 6.68. The van der Waals surface area contributed by atoms with Gasteiger partial charge in [-0.1, -0.05) is 38.0 Å². The number of fused-ring (bicyclic) bond motifs is 1. The van der Waals surface area contributed by atoms with Crippen molar-refractivity contribution in [1.82, 2.24) is 25.1 Å². The Labute approximate surface area is 111 Å². The molecule has 18 heavy (non-hydrogen) atoms. The summed E-state index contributed by atoms with van der Waals surface area (Å²) < 4.78 is 1.89. The first kappa shape index (κ1) is 12.0. The molecule has 0 bridgehead atoms. The minimum atomic E-state index is 0.359. The standard InChI is InChI=1S/C12H19N5S/c1-8(2)11-14-15-12-17(11)16-10(18-12)7-13-9-5-3-4-6-9/h8-9,13H,3-7H2,1-2H3. The molecule has 0 saturated heterocycles. The van der Waals surface area contributed by atoms with Crippen LogP contribution in [0, 0.1) is 0 Å². The summed E-state index contributed by atoms with van der Waals surface area (Å²) in [5.74, 6) is 1.31. The van der Waals surface area contributed by atoms with E-state index in [4.69, 9.17) is 0 Å². The number of aromatic nitrogens is 4. The van der Waals surface area contributed by atoms with Crippen molar-refractivity contribution in [2.75, 3.05) is 0 Å². The van der Waals surface area contributed by atoms with E-state index in [-0.39, 0.29) is 0 Å². The largest absolute Gasteiger partial charge is 0.308 e. The molecule has 1 aliphatic rings. The van der Waals surface area contributed by atoms with Gasteiger partial charge in [-0.25, -0.2) is 0 Å². The lowest BCUT2D eigenvalue weighted by atomic mass is 10.2. The molecule has 2 aromatic heterocycles. The van der Waals surface area contributed by atoms with E-state index in [1.807, 2.05) is 4.52 Å². The van der Waals surface area contributed by atoms with Crippen LogP contribution in [-0.2, 0) is 6.54 Å². The molecule has 98 valence electrons. The third-order valence-corrected chi connectivity index (χ3v) is 4.37. The maximum atomic E-state index is 4.60. The first-order chi connectivity index (χ1) is 8.74. The second kappa shape index (κ2) is 4.93. The SMILES string of the molecule is CC(C)c1nnc2sc(CNC3CCCC3)nn12. The zero-order valence-corrected chi connectivity index (χ0v) is 11.7. The Morgan fingerprint density at radius 2 is 2.11 bits per heavy atom. The van der Waals surface area contributed by atoms with E-state index in [2.05, 4.69) is 34.5 Å². The molecule has 0 spiro atoms. The van der Waals surface area contributed by atoms with Crippen LogP contribution in [0.5, 0.6) is 0 Å². The van der Waals surface area contributed by atoms with Crippen molar-refractivity contribution in [3.63, 3.8) is 0 Å². The van der Waals surface area contributed by atoms with Crippen molar-refractivity contribution in [1.29, 1.82) is 0 Å². The predicted molar refractivity (Wildman–Crippen MR) is 71.8 cm³/mol. The fraction of sp³-hybridized carbons (Fsp3) is 0.750. The average Bonchev–Trinajstić information content (AvgIpc) is 3.02. The molecular weight excluding hydrogens is 246 g/mol. The molecular formula is C12H19N5S. The smallest absolute Gasteiger partial charge is 0.234 e. The Morgan fingerprint density at radius 1 is 1.33 bits per heavy atom. The normalized spacial score (nSPS) is 17.3. The van der Waals surface area contributed by atoms with Gasteiger partial charge in [-0.3, -0.25) is 0 Å². The highest BCUT2D eigenvalue weighted by Crippen LogP contribution is 2.20. The molecule has 3 rings (SSSR count). The third kappa shape index (κ3) is 2.27. The van der Waals surface area contributed by atoms with Crippen LogP contribution in [0.3, 0.4) is 0 Å². The molecule has 2 aromatic rings. The molecule has 1 aliphatic carbocycles. The fourth-order valence-electron chi connectivity index (χ4n) is 2.46. The van der Waals surface area contributed by atoms with Gasteiger partial charge in [0.1, 0.15) is 5.01 Å². The number of nitrogens with one attached hydrogen (secondary N) is 1. The van der Waals surface area contributed by atoms with Crippen LogP contribution in [0.2, 0.25) is 0 Å². The van der Waals surface area contributed by atoms with E-state index in [1.54, 1.807) is 11.3 Å².